The van der Waals surface area contributed by atoms with E-state index in [1.165, 1.54) is 11.8 Å². The number of benzene rings is 2. The molecule has 0 aliphatic heterocycles. The van der Waals surface area contributed by atoms with E-state index in [0.29, 0.717) is 29.0 Å². The van der Waals surface area contributed by atoms with Crippen LogP contribution >= 0.6 is 11.8 Å². The van der Waals surface area contributed by atoms with Gasteiger partial charge in [0, 0.05) is 12.2 Å². The van der Waals surface area contributed by atoms with Crippen LogP contribution in [0.15, 0.2) is 60.3 Å². The van der Waals surface area contributed by atoms with Crippen LogP contribution in [0.1, 0.15) is 17.0 Å². The van der Waals surface area contributed by atoms with E-state index < -0.39 is 0 Å². The number of allylic oxidation sites excluding steroid dienone is 1. The molecule has 0 radical (unpaired) electrons. The topological polar surface area (TPSA) is 78.3 Å². The van der Waals surface area contributed by atoms with E-state index in [9.17, 15) is 4.79 Å². The second-order valence-electron chi connectivity index (χ2n) is 6.89. The number of amides is 1. The lowest BCUT2D eigenvalue weighted by molar-refractivity contribution is -0.113. The van der Waals surface area contributed by atoms with Crippen molar-refractivity contribution in [2.24, 2.45) is 0 Å². The molecule has 162 valence electrons. The lowest BCUT2D eigenvalue weighted by Crippen LogP contribution is -2.15. The number of aromatic nitrogens is 3. The van der Waals surface area contributed by atoms with Gasteiger partial charge in [0.25, 0.3) is 0 Å². The van der Waals surface area contributed by atoms with Gasteiger partial charge in [0.2, 0.25) is 5.91 Å². The number of hydrogen-bond acceptors (Lipinski definition) is 6. The normalized spacial score (nSPS) is 10.5. The predicted octanol–water partition coefficient (Wildman–Crippen LogP) is 4.40. The van der Waals surface area contributed by atoms with Crippen LogP contribution in [-0.2, 0) is 17.9 Å². The van der Waals surface area contributed by atoms with Crippen molar-refractivity contribution in [2.75, 3.05) is 18.2 Å². The van der Waals surface area contributed by atoms with Gasteiger partial charge in [0.1, 0.15) is 6.61 Å². The summed E-state index contributed by atoms with van der Waals surface area (Å²) in [6.07, 6.45) is 1.76. The molecule has 0 atom stereocenters. The van der Waals surface area contributed by atoms with Crippen molar-refractivity contribution in [3.8, 4) is 11.5 Å². The zero-order valence-corrected chi connectivity index (χ0v) is 18.7. The molecule has 1 N–H and O–H groups in total. The Morgan fingerprint density at radius 2 is 1.97 bits per heavy atom. The molecule has 0 aliphatic rings. The Morgan fingerprint density at radius 1 is 1.19 bits per heavy atom. The molecule has 0 saturated carbocycles. The standard InChI is InChI=1S/C23H26N4O3S/c1-5-12-27-21(14-30-20-9-7-6-8-19(20)29-4)25-26-23(27)31-15-22(28)24-18-11-10-16(2)13-17(18)3/h5-11,13H,1,12,14-15H2,2-4H3,(H,24,28). The molecule has 1 amide bonds. The summed E-state index contributed by atoms with van der Waals surface area (Å²) in [4.78, 5) is 12.4. The van der Waals surface area contributed by atoms with E-state index in [2.05, 4.69) is 22.1 Å². The van der Waals surface area contributed by atoms with Crippen LogP contribution in [0, 0.1) is 13.8 Å². The van der Waals surface area contributed by atoms with Gasteiger partial charge in [-0.2, -0.15) is 0 Å². The summed E-state index contributed by atoms with van der Waals surface area (Å²) < 4.78 is 13.1. The van der Waals surface area contributed by atoms with Crippen molar-refractivity contribution in [3.05, 3.63) is 72.1 Å². The van der Waals surface area contributed by atoms with Crippen molar-refractivity contribution in [1.29, 1.82) is 0 Å². The minimum absolute atomic E-state index is 0.100. The summed E-state index contributed by atoms with van der Waals surface area (Å²) in [5.41, 5.74) is 3.00. The summed E-state index contributed by atoms with van der Waals surface area (Å²) in [6, 6.07) is 13.4. The Hall–Kier alpha value is -3.26. The van der Waals surface area contributed by atoms with E-state index in [1.54, 1.807) is 13.2 Å². The predicted molar refractivity (Wildman–Crippen MR) is 123 cm³/mol. The summed E-state index contributed by atoms with van der Waals surface area (Å²) in [5.74, 6) is 2.03. The molecule has 2 aromatic carbocycles. The fourth-order valence-electron chi connectivity index (χ4n) is 3.00. The molecule has 0 bridgehead atoms. The van der Waals surface area contributed by atoms with Crippen molar-refractivity contribution in [1.82, 2.24) is 14.8 Å². The monoisotopic (exact) mass is 438 g/mol. The van der Waals surface area contributed by atoms with Crippen LogP contribution in [0.3, 0.4) is 0 Å². The number of nitrogens with zero attached hydrogens (tertiary/aromatic N) is 3. The summed E-state index contributed by atoms with van der Waals surface area (Å²) >= 11 is 1.32. The van der Waals surface area contributed by atoms with Gasteiger partial charge in [-0.15, -0.1) is 16.8 Å². The first-order valence-corrected chi connectivity index (χ1v) is 10.8. The van der Waals surface area contributed by atoms with Gasteiger partial charge in [-0.05, 0) is 37.6 Å². The highest BCUT2D eigenvalue weighted by Gasteiger charge is 2.15. The zero-order chi connectivity index (χ0) is 22.2. The minimum Gasteiger partial charge on any atom is -0.493 e. The molecule has 0 unspecified atom stereocenters. The first-order chi connectivity index (χ1) is 15.0. The maximum Gasteiger partial charge on any atom is 0.234 e. The number of rotatable bonds is 10. The van der Waals surface area contributed by atoms with Gasteiger partial charge in [-0.1, -0.05) is 47.7 Å². The largest absolute Gasteiger partial charge is 0.493 e. The third kappa shape index (κ3) is 5.88. The molecule has 1 aromatic heterocycles. The number of methoxy groups -OCH3 is 1. The van der Waals surface area contributed by atoms with Crippen molar-refractivity contribution in [3.63, 3.8) is 0 Å². The highest BCUT2D eigenvalue weighted by Crippen LogP contribution is 2.27. The fourth-order valence-corrected chi connectivity index (χ4v) is 3.76. The molecule has 3 aromatic rings. The van der Waals surface area contributed by atoms with E-state index in [1.807, 2.05) is 60.9 Å². The third-order valence-electron chi connectivity index (χ3n) is 4.52. The number of aryl methyl sites for hydroxylation is 2. The third-order valence-corrected chi connectivity index (χ3v) is 5.49. The number of para-hydroxylation sites is 2. The smallest absolute Gasteiger partial charge is 0.234 e. The first-order valence-electron chi connectivity index (χ1n) is 9.80. The zero-order valence-electron chi connectivity index (χ0n) is 17.9. The quantitative estimate of drug-likeness (QED) is 0.373. The number of carbonyl (C=O) groups excluding carboxylic acids is 1. The molecule has 3 rings (SSSR count). The second-order valence-corrected chi connectivity index (χ2v) is 7.84. The summed E-state index contributed by atoms with van der Waals surface area (Å²) in [7, 11) is 1.60. The lowest BCUT2D eigenvalue weighted by atomic mass is 10.1. The molecule has 8 heteroatoms. The number of anilines is 1. The molecule has 0 saturated heterocycles. The van der Waals surface area contributed by atoms with Gasteiger partial charge in [0.05, 0.1) is 12.9 Å². The van der Waals surface area contributed by atoms with E-state index in [4.69, 9.17) is 9.47 Å². The number of thioether (sulfide) groups is 1. The maximum absolute atomic E-state index is 12.4. The van der Waals surface area contributed by atoms with Crippen LogP contribution in [-0.4, -0.2) is 33.5 Å². The highest BCUT2D eigenvalue weighted by molar-refractivity contribution is 7.99. The van der Waals surface area contributed by atoms with Crippen molar-refractivity contribution in [2.45, 2.75) is 32.2 Å². The SMILES string of the molecule is C=CCn1c(COc2ccccc2OC)nnc1SCC(=O)Nc1ccc(C)cc1C. The molecule has 7 nitrogen and oxygen atoms in total. The van der Waals surface area contributed by atoms with Gasteiger partial charge in [0.15, 0.2) is 22.5 Å². The van der Waals surface area contributed by atoms with Gasteiger partial charge < -0.3 is 14.8 Å². The molecule has 31 heavy (non-hydrogen) atoms. The van der Waals surface area contributed by atoms with Crippen LogP contribution in [0.25, 0.3) is 0 Å². The highest BCUT2D eigenvalue weighted by atomic mass is 32.2. The molecular formula is C23H26N4O3S. The molecule has 0 fully saturated rings. The number of carbonyl (C=O) groups is 1. The average molecular weight is 439 g/mol. The Bertz CT molecular complexity index is 1060. The lowest BCUT2D eigenvalue weighted by Gasteiger charge is -2.11. The van der Waals surface area contributed by atoms with Crippen LogP contribution in [0.2, 0.25) is 0 Å². The van der Waals surface area contributed by atoms with Gasteiger partial charge >= 0.3 is 0 Å². The van der Waals surface area contributed by atoms with E-state index in [0.717, 1.165) is 16.8 Å². The molecule has 0 spiro atoms. The average Bonchev–Trinajstić information content (AvgIpc) is 3.15. The number of hydrogen-bond donors (Lipinski definition) is 1. The molecule has 0 aliphatic carbocycles. The van der Waals surface area contributed by atoms with Crippen molar-refractivity contribution >= 4 is 23.4 Å². The summed E-state index contributed by atoms with van der Waals surface area (Å²) in [6.45, 7) is 8.54. The van der Waals surface area contributed by atoms with Crippen molar-refractivity contribution < 1.29 is 14.3 Å². The van der Waals surface area contributed by atoms with Crippen LogP contribution in [0.5, 0.6) is 11.5 Å². The van der Waals surface area contributed by atoms with Gasteiger partial charge in [-0.3, -0.25) is 9.36 Å². The Kier molecular flexibility index (Phi) is 7.72. The summed E-state index contributed by atoms with van der Waals surface area (Å²) in [5, 5.41) is 12.1. The fraction of sp³-hybridized carbons (Fsp3) is 0.261. The minimum atomic E-state index is -0.100. The Balaban J connectivity index is 1.64. The first kappa shape index (κ1) is 22.4. The number of ether oxygens (including phenoxy) is 2. The Morgan fingerprint density at radius 3 is 2.68 bits per heavy atom. The van der Waals surface area contributed by atoms with Crippen LogP contribution in [0.4, 0.5) is 5.69 Å². The molecular weight excluding hydrogens is 412 g/mol. The Labute approximate surface area is 186 Å². The van der Waals surface area contributed by atoms with E-state index >= 15 is 0 Å². The van der Waals surface area contributed by atoms with Crippen LogP contribution < -0.4 is 14.8 Å². The number of nitrogens with one attached hydrogen (secondary N) is 1. The van der Waals surface area contributed by atoms with Gasteiger partial charge in [-0.25, -0.2) is 0 Å². The second kappa shape index (κ2) is 10.7. The van der Waals surface area contributed by atoms with E-state index in [-0.39, 0.29) is 18.3 Å². The molecule has 1 heterocycles. The maximum atomic E-state index is 12.4.